The lowest BCUT2D eigenvalue weighted by atomic mass is 10.1. The van der Waals surface area contributed by atoms with Crippen LogP contribution in [0.5, 0.6) is 0 Å². The second kappa shape index (κ2) is 4.71. The first-order valence-corrected chi connectivity index (χ1v) is 5.78. The van der Waals surface area contributed by atoms with Crippen molar-refractivity contribution in [3.8, 4) is 0 Å². The first kappa shape index (κ1) is 11.9. The van der Waals surface area contributed by atoms with E-state index in [1.54, 1.807) is 0 Å². The van der Waals surface area contributed by atoms with Crippen LogP contribution in [-0.2, 0) is 20.6 Å². The minimum atomic E-state index is 0.283. The minimum absolute atomic E-state index is 0.283. The summed E-state index contributed by atoms with van der Waals surface area (Å²) in [6.45, 7) is 4.96. The van der Waals surface area contributed by atoms with Crippen LogP contribution in [-0.4, -0.2) is 19.6 Å². The fraction of sp³-hybridized carbons (Fsp3) is 0.500. The summed E-state index contributed by atoms with van der Waals surface area (Å²) < 4.78 is 3.67. The zero-order valence-corrected chi connectivity index (χ0v) is 10.8. The van der Waals surface area contributed by atoms with Crippen LogP contribution in [0, 0.1) is 6.92 Å². The molecule has 0 aliphatic heterocycles. The fourth-order valence-corrected chi connectivity index (χ4v) is 1.97. The van der Waals surface area contributed by atoms with Crippen molar-refractivity contribution in [2.75, 3.05) is 0 Å². The monoisotopic (exact) mass is 233 g/mol. The van der Waals surface area contributed by atoms with Gasteiger partial charge in [0.2, 0.25) is 0 Å². The average Bonchev–Trinajstić information content (AvgIpc) is 2.81. The molecular formula is C12H19N5. The Hall–Kier alpha value is -1.62. The Morgan fingerprint density at radius 2 is 2.06 bits per heavy atom. The topological polar surface area (TPSA) is 47.7 Å². The van der Waals surface area contributed by atoms with Crippen LogP contribution in [0.4, 0.5) is 0 Å². The SMILES string of the molecule is Cc1nn(C)cc1C(C)NCc1ccn(C)n1. The molecule has 2 rings (SSSR count). The van der Waals surface area contributed by atoms with E-state index in [4.69, 9.17) is 0 Å². The molecule has 0 amide bonds. The lowest BCUT2D eigenvalue weighted by Gasteiger charge is -2.11. The van der Waals surface area contributed by atoms with Gasteiger partial charge in [-0.05, 0) is 19.9 Å². The van der Waals surface area contributed by atoms with E-state index in [1.165, 1.54) is 5.56 Å². The van der Waals surface area contributed by atoms with Crippen molar-refractivity contribution in [2.45, 2.75) is 26.4 Å². The van der Waals surface area contributed by atoms with Crippen LogP contribution in [0.25, 0.3) is 0 Å². The molecule has 1 unspecified atom stereocenters. The quantitative estimate of drug-likeness (QED) is 0.866. The molecule has 1 N–H and O–H groups in total. The van der Waals surface area contributed by atoms with Gasteiger partial charge in [0.05, 0.1) is 11.4 Å². The summed E-state index contributed by atoms with van der Waals surface area (Å²) in [5.41, 5.74) is 3.37. The normalized spacial score (nSPS) is 12.9. The Morgan fingerprint density at radius 1 is 1.29 bits per heavy atom. The lowest BCUT2D eigenvalue weighted by Crippen LogP contribution is -2.18. The van der Waals surface area contributed by atoms with Crippen LogP contribution in [0.2, 0.25) is 0 Å². The summed E-state index contributed by atoms with van der Waals surface area (Å²) >= 11 is 0. The molecule has 0 bridgehead atoms. The lowest BCUT2D eigenvalue weighted by molar-refractivity contribution is 0.559. The highest BCUT2D eigenvalue weighted by atomic mass is 15.3. The maximum absolute atomic E-state index is 4.35. The molecule has 0 spiro atoms. The Bertz CT molecular complexity index is 497. The predicted molar refractivity (Wildman–Crippen MR) is 66.4 cm³/mol. The van der Waals surface area contributed by atoms with Crippen LogP contribution in [0.3, 0.4) is 0 Å². The average molecular weight is 233 g/mol. The van der Waals surface area contributed by atoms with Gasteiger partial charge in [0.15, 0.2) is 0 Å². The van der Waals surface area contributed by atoms with E-state index in [0.717, 1.165) is 17.9 Å². The largest absolute Gasteiger partial charge is 0.304 e. The summed E-state index contributed by atoms with van der Waals surface area (Å²) in [7, 11) is 3.88. The van der Waals surface area contributed by atoms with Gasteiger partial charge in [0.1, 0.15) is 0 Å². The summed E-state index contributed by atoms with van der Waals surface area (Å²) in [4.78, 5) is 0. The second-order valence-corrected chi connectivity index (χ2v) is 4.43. The second-order valence-electron chi connectivity index (χ2n) is 4.43. The van der Waals surface area contributed by atoms with E-state index in [0.29, 0.717) is 0 Å². The van der Waals surface area contributed by atoms with Gasteiger partial charge in [-0.3, -0.25) is 9.36 Å². The number of hydrogen-bond donors (Lipinski definition) is 1. The third kappa shape index (κ3) is 2.74. The van der Waals surface area contributed by atoms with Crippen molar-refractivity contribution in [3.63, 3.8) is 0 Å². The van der Waals surface area contributed by atoms with E-state index in [1.807, 2.05) is 42.6 Å². The zero-order valence-electron chi connectivity index (χ0n) is 10.8. The third-order valence-electron chi connectivity index (χ3n) is 2.88. The molecule has 0 saturated carbocycles. The van der Waals surface area contributed by atoms with E-state index < -0.39 is 0 Å². The molecule has 2 heterocycles. The highest BCUT2D eigenvalue weighted by Crippen LogP contribution is 2.15. The van der Waals surface area contributed by atoms with Crippen molar-refractivity contribution >= 4 is 0 Å². The molecule has 92 valence electrons. The number of hydrogen-bond acceptors (Lipinski definition) is 3. The Labute approximate surface area is 101 Å². The van der Waals surface area contributed by atoms with Gasteiger partial charge in [-0.15, -0.1) is 0 Å². The first-order chi connectivity index (χ1) is 8.06. The third-order valence-corrected chi connectivity index (χ3v) is 2.88. The molecule has 2 aromatic heterocycles. The Balaban J connectivity index is 1.97. The highest BCUT2D eigenvalue weighted by Gasteiger charge is 2.11. The van der Waals surface area contributed by atoms with E-state index in [2.05, 4.69) is 28.6 Å². The Morgan fingerprint density at radius 3 is 2.59 bits per heavy atom. The summed E-state index contributed by atoms with van der Waals surface area (Å²) in [5.74, 6) is 0. The van der Waals surface area contributed by atoms with E-state index in [9.17, 15) is 0 Å². The first-order valence-electron chi connectivity index (χ1n) is 5.78. The molecule has 1 atom stereocenters. The number of nitrogens with one attached hydrogen (secondary N) is 1. The van der Waals surface area contributed by atoms with Crippen molar-refractivity contribution in [3.05, 3.63) is 35.4 Å². The maximum Gasteiger partial charge on any atom is 0.0762 e. The van der Waals surface area contributed by atoms with Crippen LogP contribution >= 0.6 is 0 Å². The van der Waals surface area contributed by atoms with Crippen molar-refractivity contribution in [1.82, 2.24) is 24.9 Å². The number of aryl methyl sites for hydroxylation is 3. The smallest absolute Gasteiger partial charge is 0.0762 e. The predicted octanol–water partition coefficient (Wildman–Crippen LogP) is 1.31. The van der Waals surface area contributed by atoms with E-state index in [-0.39, 0.29) is 6.04 Å². The molecule has 0 aliphatic carbocycles. The van der Waals surface area contributed by atoms with Crippen molar-refractivity contribution in [1.29, 1.82) is 0 Å². The molecule has 2 aromatic rings. The molecule has 5 heteroatoms. The van der Waals surface area contributed by atoms with Crippen LogP contribution in [0.1, 0.15) is 29.9 Å². The summed E-state index contributed by atoms with van der Waals surface area (Å²) in [6.07, 6.45) is 4.02. The van der Waals surface area contributed by atoms with Gasteiger partial charge in [0.25, 0.3) is 0 Å². The number of nitrogens with zero attached hydrogens (tertiary/aromatic N) is 4. The van der Waals surface area contributed by atoms with Gasteiger partial charge >= 0.3 is 0 Å². The van der Waals surface area contributed by atoms with Crippen LogP contribution < -0.4 is 5.32 Å². The van der Waals surface area contributed by atoms with Gasteiger partial charge in [-0.2, -0.15) is 10.2 Å². The van der Waals surface area contributed by atoms with Crippen LogP contribution in [0.15, 0.2) is 18.5 Å². The maximum atomic E-state index is 4.35. The van der Waals surface area contributed by atoms with Crippen molar-refractivity contribution < 1.29 is 0 Å². The fourth-order valence-electron chi connectivity index (χ4n) is 1.97. The van der Waals surface area contributed by atoms with Gasteiger partial charge in [-0.25, -0.2) is 0 Å². The van der Waals surface area contributed by atoms with Gasteiger partial charge in [0, 0.05) is 44.6 Å². The minimum Gasteiger partial charge on any atom is -0.304 e. The summed E-state index contributed by atoms with van der Waals surface area (Å²) in [5, 5.41) is 12.1. The highest BCUT2D eigenvalue weighted by molar-refractivity contribution is 5.19. The molecular weight excluding hydrogens is 214 g/mol. The van der Waals surface area contributed by atoms with E-state index >= 15 is 0 Å². The molecule has 0 radical (unpaired) electrons. The molecule has 5 nitrogen and oxygen atoms in total. The van der Waals surface area contributed by atoms with Gasteiger partial charge in [-0.1, -0.05) is 0 Å². The molecule has 17 heavy (non-hydrogen) atoms. The molecule has 0 fully saturated rings. The zero-order chi connectivity index (χ0) is 12.4. The standard InChI is InChI=1S/C12H19N5/c1-9(12-8-17(4)14-10(12)2)13-7-11-5-6-16(3)15-11/h5-6,8-9,13H,7H2,1-4H3. The molecule has 0 saturated heterocycles. The summed E-state index contributed by atoms with van der Waals surface area (Å²) in [6, 6.07) is 2.31. The Kier molecular flexibility index (Phi) is 3.28. The number of aromatic nitrogens is 4. The molecule has 0 aliphatic rings. The van der Waals surface area contributed by atoms with Gasteiger partial charge < -0.3 is 5.32 Å². The molecule has 0 aromatic carbocycles. The van der Waals surface area contributed by atoms with Crippen molar-refractivity contribution in [2.24, 2.45) is 14.1 Å². The number of rotatable bonds is 4.